The second-order valence-corrected chi connectivity index (χ2v) is 6.37. The van der Waals surface area contributed by atoms with Gasteiger partial charge in [-0.1, -0.05) is 53.4 Å². The number of hydrogen-bond donors (Lipinski definition) is 2. The monoisotopic (exact) mass is 356 g/mol. The van der Waals surface area contributed by atoms with Crippen LogP contribution in [0.1, 0.15) is 79.1 Å². The molecule has 4 N–H and O–H groups in total. The minimum atomic E-state index is -5.17. The molecule has 0 atom stereocenters. The summed E-state index contributed by atoms with van der Waals surface area (Å²) in [6, 6.07) is 0. The van der Waals surface area contributed by atoms with Crippen molar-refractivity contribution in [2.75, 3.05) is 26.2 Å². The van der Waals surface area contributed by atoms with Gasteiger partial charge in [0.05, 0.1) is 26.2 Å². The van der Waals surface area contributed by atoms with Gasteiger partial charge in [0.15, 0.2) is 0 Å². The second-order valence-electron chi connectivity index (χ2n) is 5.55. The van der Waals surface area contributed by atoms with Crippen molar-refractivity contribution in [3.63, 3.8) is 0 Å². The molecule has 0 spiro atoms. The van der Waals surface area contributed by atoms with Crippen molar-refractivity contribution in [1.82, 2.24) is 0 Å². The summed E-state index contributed by atoms with van der Waals surface area (Å²) in [5.74, 6) is 0. The van der Waals surface area contributed by atoms with Crippen LogP contribution >= 0.6 is 0 Å². The first kappa shape index (κ1) is 27.6. The van der Waals surface area contributed by atoms with Gasteiger partial charge >= 0.3 is 0 Å². The topological polar surface area (TPSA) is 113 Å². The van der Waals surface area contributed by atoms with E-state index in [2.05, 4.69) is 38.3 Å². The quantitative estimate of drug-likeness (QED) is 0.308. The molecule has 23 heavy (non-hydrogen) atoms. The Labute approximate surface area is 144 Å². The highest BCUT2D eigenvalue weighted by molar-refractivity contribution is 7.79. The van der Waals surface area contributed by atoms with E-state index in [1.165, 1.54) is 77.5 Å². The molecule has 0 aliphatic rings. The van der Waals surface area contributed by atoms with Crippen molar-refractivity contribution in [2.24, 2.45) is 0 Å². The summed E-state index contributed by atoms with van der Waals surface area (Å²) in [7, 11) is -5.17. The van der Waals surface area contributed by atoms with Gasteiger partial charge in [0.1, 0.15) is 0 Å². The number of rotatable bonds is 12. The molecular weight excluding hydrogens is 316 g/mol. The van der Waals surface area contributed by atoms with E-state index in [0.29, 0.717) is 0 Å². The van der Waals surface area contributed by atoms with Crippen molar-refractivity contribution in [2.45, 2.75) is 79.1 Å². The highest BCUT2D eigenvalue weighted by Gasteiger charge is 1.87. The summed E-state index contributed by atoms with van der Waals surface area (Å²) in [5, 5.41) is 4.85. The first-order valence-corrected chi connectivity index (χ1v) is 10.5. The third kappa shape index (κ3) is 61.4. The summed E-state index contributed by atoms with van der Waals surface area (Å²) >= 11 is 0. The molecular formula is C16H40N2O4S. The van der Waals surface area contributed by atoms with Gasteiger partial charge in [-0.15, -0.1) is 0 Å². The van der Waals surface area contributed by atoms with E-state index in [1.807, 2.05) is 0 Å². The predicted molar refractivity (Wildman–Crippen MR) is 93.4 cm³/mol. The number of unbranched alkanes of at least 4 members (excludes halogenated alkanes) is 4. The van der Waals surface area contributed by atoms with Crippen LogP contribution in [0.15, 0.2) is 0 Å². The number of quaternary nitrogens is 2. The molecule has 0 aromatic heterocycles. The molecule has 0 saturated heterocycles. The van der Waals surface area contributed by atoms with Crippen molar-refractivity contribution >= 4 is 10.4 Å². The lowest BCUT2D eigenvalue weighted by Gasteiger charge is -2.06. The molecule has 7 heteroatoms. The lowest BCUT2D eigenvalue weighted by Crippen LogP contribution is -2.84. The molecule has 0 unspecified atom stereocenters. The fraction of sp³-hybridized carbons (Fsp3) is 1.00. The molecule has 0 bridgehead atoms. The minimum absolute atomic E-state index is 1.33. The molecule has 0 aromatic rings. The van der Waals surface area contributed by atoms with Gasteiger partial charge in [-0.05, 0) is 25.7 Å². The highest BCUT2D eigenvalue weighted by Crippen LogP contribution is 1.81. The van der Waals surface area contributed by atoms with Crippen LogP contribution in [0.2, 0.25) is 0 Å². The fourth-order valence-corrected chi connectivity index (χ4v) is 1.68. The Morgan fingerprint density at radius 1 is 0.609 bits per heavy atom. The zero-order valence-electron chi connectivity index (χ0n) is 15.7. The summed E-state index contributed by atoms with van der Waals surface area (Å²) < 4.78 is 34.1. The number of hydrogen-bond acceptors (Lipinski definition) is 4. The Kier molecular flexibility index (Phi) is 28.9. The summed E-state index contributed by atoms with van der Waals surface area (Å²) in [5.41, 5.74) is 0. The Bertz CT molecular complexity index is 252. The lowest BCUT2D eigenvalue weighted by molar-refractivity contribution is -0.655. The third-order valence-electron chi connectivity index (χ3n) is 3.05. The molecule has 0 aliphatic heterocycles. The van der Waals surface area contributed by atoms with E-state index < -0.39 is 10.4 Å². The van der Waals surface area contributed by atoms with Crippen LogP contribution in [-0.2, 0) is 10.4 Å². The zero-order chi connectivity index (χ0) is 18.4. The number of nitrogens with two attached hydrogens (primary N) is 2. The largest absolute Gasteiger partial charge is 0.759 e. The van der Waals surface area contributed by atoms with Crippen LogP contribution in [0.4, 0.5) is 0 Å². The summed E-state index contributed by atoms with van der Waals surface area (Å²) in [6.07, 6.45) is 10.9. The SMILES string of the molecule is CCCC[NH2+]CCCC.CCCC[NH2+]CCCC.O=S(=O)([O-])[O-]. The van der Waals surface area contributed by atoms with Gasteiger partial charge in [-0.25, -0.2) is 0 Å². The van der Waals surface area contributed by atoms with E-state index in [-0.39, 0.29) is 0 Å². The molecule has 0 heterocycles. The average molecular weight is 357 g/mol. The lowest BCUT2D eigenvalue weighted by atomic mass is 10.3. The van der Waals surface area contributed by atoms with Gasteiger partial charge in [0.25, 0.3) is 0 Å². The minimum Gasteiger partial charge on any atom is -0.759 e. The summed E-state index contributed by atoms with van der Waals surface area (Å²) in [6.45, 7) is 14.3. The fourth-order valence-electron chi connectivity index (χ4n) is 1.68. The van der Waals surface area contributed by atoms with Crippen LogP contribution in [-0.4, -0.2) is 43.7 Å². The first-order chi connectivity index (χ1) is 10.8. The summed E-state index contributed by atoms with van der Waals surface area (Å²) in [4.78, 5) is 0. The van der Waals surface area contributed by atoms with E-state index in [9.17, 15) is 0 Å². The van der Waals surface area contributed by atoms with Crippen LogP contribution < -0.4 is 10.6 Å². The average Bonchev–Trinajstić information content (AvgIpc) is 2.46. The molecule has 0 fully saturated rings. The van der Waals surface area contributed by atoms with E-state index in [0.717, 1.165) is 0 Å². The molecule has 0 rings (SSSR count). The molecule has 0 saturated carbocycles. The van der Waals surface area contributed by atoms with E-state index in [1.54, 1.807) is 0 Å². The standard InChI is InChI=1S/2C8H19N.H2O4S/c2*1-3-5-7-9-8-6-4-2;1-5(2,3)4/h2*9H,3-8H2,1-2H3;(H2,1,2,3,4). The van der Waals surface area contributed by atoms with Crippen molar-refractivity contribution in [3.05, 3.63) is 0 Å². The Balaban J connectivity index is -0.000000273. The van der Waals surface area contributed by atoms with E-state index in [4.69, 9.17) is 17.5 Å². The predicted octanol–water partition coefficient (Wildman–Crippen LogP) is 0.962. The van der Waals surface area contributed by atoms with Gasteiger partial charge in [-0.3, -0.25) is 8.42 Å². The van der Waals surface area contributed by atoms with Crippen LogP contribution in [0, 0.1) is 0 Å². The highest BCUT2D eigenvalue weighted by atomic mass is 32.3. The molecule has 0 amide bonds. The molecule has 0 radical (unpaired) electrons. The normalized spacial score (nSPS) is 10.3. The smallest absolute Gasteiger partial charge is 0.0755 e. The maximum absolute atomic E-state index is 8.52. The zero-order valence-corrected chi connectivity index (χ0v) is 16.5. The molecule has 6 nitrogen and oxygen atoms in total. The van der Waals surface area contributed by atoms with Crippen molar-refractivity contribution in [1.29, 1.82) is 0 Å². The maximum Gasteiger partial charge on any atom is 0.0755 e. The Morgan fingerprint density at radius 3 is 0.913 bits per heavy atom. The Morgan fingerprint density at radius 2 is 0.783 bits per heavy atom. The van der Waals surface area contributed by atoms with Gasteiger partial charge in [-0.2, -0.15) is 0 Å². The van der Waals surface area contributed by atoms with Gasteiger partial charge in [0, 0.05) is 10.4 Å². The van der Waals surface area contributed by atoms with Crippen molar-refractivity contribution < 1.29 is 28.2 Å². The third-order valence-corrected chi connectivity index (χ3v) is 3.05. The molecule has 0 aromatic carbocycles. The van der Waals surface area contributed by atoms with E-state index >= 15 is 0 Å². The van der Waals surface area contributed by atoms with Gasteiger partial charge < -0.3 is 19.7 Å². The van der Waals surface area contributed by atoms with Gasteiger partial charge in [0.2, 0.25) is 0 Å². The maximum atomic E-state index is 8.52. The van der Waals surface area contributed by atoms with Crippen LogP contribution in [0.25, 0.3) is 0 Å². The molecule has 0 aliphatic carbocycles. The Hall–Kier alpha value is -0.210. The molecule has 144 valence electrons. The second kappa shape index (κ2) is 24.0. The van der Waals surface area contributed by atoms with Crippen molar-refractivity contribution in [3.8, 4) is 0 Å². The van der Waals surface area contributed by atoms with Crippen LogP contribution in [0.5, 0.6) is 0 Å². The first-order valence-electron chi connectivity index (χ1n) is 9.13. The van der Waals surface area contributed by atoms with Crippen LogP contribution in [0.3, 0.4) is 0 Å².